The molecule has 1 amide bonds. The number of carbonyl (C=O) groups excluding carboxylic acids is 1. The number of benzene rings is 2. The number of aromatic nitrogens is 2. The molecule has 2 aromatic carbocycles. The van der Waals surface area contributed by atoms with Crippen LogP contribution in [0.5, 0.6) is 0 Å². The second kappa shape index (κ2) is 10.1. The molecule has 3 rings (SSSR count). The second-order valence-corrected chi connectivity index (χ2v) is 8.05. The van der Waals surface area contributed by atoms with E-state index in [1.807, 2.05) is 24.5 Å². The number of aryl methyl sites for hydroxylation is 2. The van der Waals surface area contributed by atoms with Crippen LogP contribution in [0.25, 0.3) is 11.3 Å². The van der Waals surface area contributed by atoms with Crippen molar-refractivity contribution in [2.45, 2.75) is 24.9 Å². The van der Waals surface area contributed by atoms with Crippen molar-refractivity contribution in [2.75, 3.05) is 12.8 Å². The van der Waals surface area contributed by atoms with Gasteiger partial charge in [0.25, 0.3) is 5.91 Å². The largest absolute Gasteiger partial charge is 0.352 e. The SMILES string of the molecule is CSc1nc(C)c(C(=O)NCCCc2ccccc2)c(-c2c(Cl)cccc2Cl)n1. The van der Waals surface area contributed by atoms with Gasteiger partial charge in [0.1, 0.15) is 0 Å². The first-order valence-electron chi connectivity index (χ1n) is 9.20. The van der Waals surface area contributed by atoms with Crippen LogP contribution in [-0.4, -0.2) is 28.7 Å². The van der Waals surface area contributed by atoms with E-state index in [1.54, 1.807) is 25.1 Å². The Labute approximate surface area is 185 Å². The first-order chi connectivity index (χ1) is 14.0. The fraction of sp³-hybridized carbons (Fsp3) is 0.227. The fourth-order valence-electron chi connectivity index (χ4n) is 3.04. The van der Waals surface area contributed by atoms with Crippen molar-refractivity contribution in [3.8, 4) is 11.3 Å². The summed E-state index contributed by atoms with van der Waals surface area (Å²) in [5.74, 6) is -0.228. The van der Waals surface area contributed by atoms with Crippen LogP contribution in [0.4, 0.5) is 0 Å². The van der Waals surface area contributed by atoms with Crippen molar-refractivity contribution in [1.82, 2.24) is 15.3 Å². The van der Waals surface area contributed by atoms with Gasteiger partial charge in [0.05, 0.1) is 27.0 Å². The maximum atomic E-state index is 13.0. The molecule has 29 heavy (non-hydrogen) atoms. The lowest BCUT2D eigenvalue weighted by Gasteiger charge is -2.15. The number of halogens is 2. The number of nitrogens with zero attached hydrogens (tertiary/aromatic N) is 2. The molecule has 0 aliphatic heterocycles. The average molecular weight is 446 g/mol. The third kappa shape index (κ3) is 5.30. The van der Waals surface area contributed by atoms with E-state index in [0.29, 0.717) is 44.3 Å². The Hall–Kier alpha value is -2.08. The highest BCUT2D eigenvalue weighted by Gasteiger charge is 2.23. The maximum Gasteiger partial charge on any atom is 0.255 e. The third-order valence-electron chi connectivity index (χ3n) is 4.45. The molecule has 150 valence electrons. The summed E-state index contributed by atoms with van der Waals surface area (Å²) in [6.07, 6.45) is 3.61. The zero-order valence-corrected chi connectivity index (χ0v) is 18.5. The van der Waals surface area contributed by atoms with Gasteiger partial charge in [0, 0.05) is 12.1 Å². The quantitative estimate of drug-likeness (QED) is 0.281. The van der Waals surface area contributed by atoms with Crippen molar-refractivity contribution in [1.29, 1.82) is 0 Å². The Morgan fingerprint density at radius 2 is 1.72 bits per heavy atom. The highest BCUT2D eigenvalue weighted by molar-refractivity contribution is 7.98. The van der Waals surface area contributed by atoms with E-state index in [0.717, 1.165) is 12.8 Å². The summed E-state index contributed by atoms with van der Waals surface area (Å²) in [6, 6.07) is 15.4. The Morgan fingerprint density at radius 1 is 1.03 bits per heavy atom. The topological polar surface area (TPSA) is 54.9 Å². The number of hydrogen-bond donors (Lipinski definition) is 1. The van der Waals surface area contributed by atoms with Crippen molar-refractivity contribution in [3.05, 3.63) is 75.4 Å². The summed E-state index contributed by atoms with van der Waals surface area (Å²) in [5, 5.41) is 4.44. The van der Waals surface area contributed by atoms with Gasteiger partial charge in [-0.15, -0.1) is 0 Å². The maximum absolute atomic E-state index is 13.0. The van der Waals surface area contributed by atoms with Gasteiger partial charge in [0.2, 0.25) is 0 Å². The number of rotatable bonds is 7. The predicted molar refractivity (Wildman–Crippen MR) is 121 cm³/mol. The first-order valence-corrected chi connectivity index (χ1v) is 11.2. The number of amides is 1. The molecular weight excluding hydrogens is 425 g/mol. The van der Waals surface area contributed by atoms with Crippen molar-refractivity contribution >= 4 is 40.9 Å². The van der Waals surface area contributed by atoms with Crippen LogP contribution in [0, 0.1) is 6.92 Å². The molecule has 0 atom stereocenters. The standard InChI is InChI=1S/C22H21Cl2N3OS/c1-14-18(21(28)25-13-7-10-15-8-4-3-5-9-15)20(27-22(26-14)29-2)19-16(23)11-6-12-17(19)24/h3-6,8-9,11-12H,7,10,13H2,1-2H3,(H,25,28). The van der Waals surface area contributed by atoms with Crippen molar-refractivity contribution in [2.24, 2.45) is 0 Å². The molecule has 0 saturated heterocycles. The number of hydrogen-bond acceptors (Lipinski definition) is 4. The molecule has 4 nitrogen and oxygen atoms in total. The van der Waals surface area contributed by atoms with Crippen LogP contribution in [0.2, 0.25) is 10.0 Å². The van der Waals surface area contributed by atoms with Gasteiger partial charge < -0.3 is 5.32 Å². The molecule has 3 aromatic rings. The first kappa shape index (κ1) is 21.6. The van der Waals surface area contributed by atoms with E-state index in [4.69, 9.17) is 23.2 Å². The zero-order valence-electron chi connectivity index (χ0n) is 16.2. The van der Waals surface area contributed by atoms with Crippen LogP contribution >= 0.6 is 35.0 Å². The number of thioether (sulfide) groups is 1. The van der Waals surface area contributed by atoms with Gasteiger partial charge in [-0.1, -0.05) is 71.4 Å². The summed E-state index contributed by atoms with van der Waals surface area (Å²) >= 11 is 14.2. The minimum Gasteiger partial charge on any atom is -0.352 e. The van der Waals surface area contributed by atoms with Crippen LogP contribution in [0.15, 0.2) is 53.7 Å². The van der Waals surface area contributed by atoms with Gasteiger partial charge in [-0.3, -0.25) is 4.79 Å². The fourth-order valence-corrected chi connectivity index (χ4v) is 4.03. The smallest absolute Gasteiger partial charge is 0.255 e. The normalized spacial score (nSPS) is 10.8. The van der Waals surface area contributed by atoms with Crippen LogP contribution in [-0.2, 0) is 6.42 Å². The Morgan fingerprint density at radius 3 is 2.38 bits per heavy atom. The third-order valence-corrected chi connectivity index (χ3v) is 5.63. The summed E-state index contributed by atoms with van der Waals surface area (Å²) in [4.78, 5) is 22.0. The molecule has 0 saturated carbocycles. The Balaban J connectivity index is 1.85. The van der Waals surface area contributed by atoms with Crippen LogP contribution in [0.1, 0.15) is 28.0 Å². The molecule has 7 heteroatoms. The van der Waals surface area contributed by atoms with Gasteiger partial charge in [-0.25, -0.2) is 9.97 Å². The highest BCUT2D eigenvalue weighted by Crippen LogP contribution is 2.36. The zero-order chi connectivity index (χ0) is 20.8. The summed E-state index contributed by atoms with van der Waals surface area (Å²) < 4.78 is 0. The summed E-state index contributed by atoms with van der Waals surface area (Å²) in [7, 11) is 0. The molecule has 0 bridgehead atoms. The lowest BCUT2D eigenvalue weighted by molar-refractivity contribution is 0.0952. The lowest BCUT2D eigenvalue weighted by atomic mass is 10.0. The van der Waals surface area contributed by atoms with Crippen molar-refractivity contribution < 1.29 is 4.79 Å². The van der Waals surface area contributed by atoms with Crippen molar-refractivity contribution in [3.63, 3.8) is 0 Å². The van der Waals surface area contributed by atoms with E-state index in [2.05, 4.69) is 27.4 Å². The van der Waals surface area contributed by atoms with Gasteiger partial charge >= 0.3 is 0 Å². The lowest BCUT2D eigenvalue weighted by Crippen LogP contribution is -2.27. The number of carbonyl (C=O) groups is 1. The summed E-state index contributed by atoms with van der Waals surface area (Å²) in [5.41, 5.74) is 3.24. The van der Waals surface area contributed by atoms with Gasteiger partial charge in [0.15, 0.2) is 5.16 Å². The number of nitrogens with one attached hydrogen (secondary N) is 1. The molecule has 0 aliphatic rings. The Kier molecular flexibility index (Phi) is 7.53. The van der Waals surface area contributed by atoms with Gasteiger partial charge in [-0.05, 0) is 43.7 Å². The molecular formula is C22H21Cl2N3OS. The summed E-state index contributed by atoms with van der Waals surface area (Å²) in [6.45, 7) is 2.35. The monoisotopic (exact) mass is 445 g/mol. The van der Waals surface area contributed by atoms with E-state index in [1.165, 1.54) is 17.3 Å². The second-order valence-electron chi connectivity index (χ2n) is 6.46. The minimum atomic E-state index is -0.228. The Bertz CT molecular complexity index is 992. The van der Waals surface area contributed by atoms with E-state index >= 15 is 0 Å². The average Bonchev–Trinajstić information content (AvgIpc) is 2.71. The molecule has 0 fully saturated rings. The predicted octanol–water partition coefficient (Wildman–Crippen LogP) is 5.84. The molecule has 1 N–H and O–H groups in total. The highest BCUT2D eigenvalue weighted by atomic mass is 35.5. The molecule has 1 heterocycles. The van der Waals surface area contributed by atoms with Crippen LogP contribution < -0.4 is 5.32 Å². The minimum absolute atomic E-state index is 0.228. The molecule has 0 radical (unpaired) electrons. The van der Waals surface area contributed by atoms with Gasteiger partial charge in [-0.2, -0.15) is 0 Å². The van der Waals surface area contributed by atoms with E-state index < -0.39 is 0 Å². The van der Waals surface area contributed by atoms with Crippen LogP contribution in [0.3, 0.4) is 0 Å². The van der Waals surface area contributed by atoms with E-state index in [-0.39, 0.29) is 5.91 Å². The molecule has 0 spiro atoms. The molecule has 0 unspecified atom stereocenters. The molecule has 0 aliphatic carbocycles. The van der Waals surface area contributed by atoms with E-state index in [9.17, 15) is 4.79 Å². The molecule has 1 aromatic heterocycles.